The van der Waals surface area contributed by atoms with Crippen LogP contribution in [0.25, 0.3) is 32.9 Å². The van der Waals surface area contributed by atoms with Crippen LogP contribution < -0.4 is 25.2 Å². The highest BCUT2D eigenvalue weighted by molar-refractivity contribution is 6.90. The van der Waals surface area contributed by atoms with Crippen LogP contribution in [0.3, 0.4) is 0 Å². The van der Waals surface area contributed by atoms with Crippen molar-refractivity contribution in [2.24, 2.45) is 5.92 Å². The van der Waals surface area contributed by atoms with E-state index in [0.29, 0.717) is 89.7 Å². The molecule has 6 saturated heterocycles. The van der Waals surface area contributed by atoms with E-state index in [9.17, 15) is 19.2 Å². The third-order valence-corrected chi connectivity index (χ3v) is 25.8. The molecule has 9 heterocycles. The molecule has 2 aromatic heterocycles. The number of piperidine rings is 2. The van der Waals surface area contributed by atoms with E-state index in [4.69, 9.17) is 19.7 Å². The number of nitrogens with one attached hydrogen (secondary N) is 2. The van der Waals surface area contributed by atoms with E-state index >= 15 is 4.39 Å². The number of nitrogens with zero attached hydrogens (tertiary/aromatic N) is 9. The Morgan fingerprint density at radius 1 is 0.827 bits per heavy atom. The van der Waals surface area contributed by atoms with E-state index in [2.05, 4.69) is 113 Å². The Kier molecular flexibility index (Phi) is 15.2. The lowest BCUT2D eigenvalue weighted by Crippen LogP contribution is -2.54. The molecule has 4 amide bonds. The van der Waals surface area contributed by atoms with Crippen molar-refractivity contribution in [2.45, 2.75) is 140 Å². The molecule has 2 bridgehead atoms. The number of likely N-dealkylation sites (tertiary alicyclic amines) is 1. The van der Waals surface area contributed by atoms with Gasteiger partial charge in [-0.05, 0) is 97.4 Å². The van der Waals surface area contributed by atoms with Crippen LogP contribution in [0.1, 0.15) is 108 Å². The van der Waals surface area contributed by atoms with Crippen LogP contribution in [0.15, 0.2) is 60.8 Å². The van der Waals surface area contributed by atoms with Gasteiger partial charge in [-0.2, -0.15) is 9.97 Å². The molecule has 0 spiro atoms. The molecule has 7 aliphatic rings. The second kappa shape index (κ2) is 22.3. The van der Waals surface area contributed by atoms with Crippen molar-refractivity contribution >= 4 is 64.9 Å². The number of carbonyl (C=O) groups excluding carboxylic acids is 4. The van der Waals surface area contributed by atoms with Gasteiger partial charge >= 0.3 is 6.01 Å². The molecule has 0 saturated carbocycles. The lowest BCUT2D eigenvalue weighted by Gasteiger charge is -2.40. The Balaban J connectivity index is 0.705. The van der Waals surface area contributed by atoms with Crippen molar-refractivity contribution < 1.29 is 28.3 Å². The average molecular weight is 1120 g/mol. The highest BCUT2D eigenvalue weighted by atomic mass is 28.3. The number of piperazine rings is 2. The predicted molar refractivity (Wildman–Crippen MR) is 316 cm³/mol. The van der Waals surface area contributed by atoms with Gasteiger partial charge in [0, 0.05) is 136 Å². The van der Waals surface area contributed by atoms with Crippen molar-refractivity contribution in [1.82, 2.24) is 45.2 Å². The molecular formula is C63H78FN11O5Si. The number of fused-ring (bicyclic) bond motifs is 5. The van der Waals surface area contributed by atoms with Crippen LogP contribution in [-0.4, -0.2) is 169 Å². The predicted octanol–water partition coefficient (Wildman–Crippen LogP) is 7.77. The molecule has 0 radical (unpaired) electrons. The molecule has 3 unspecified atom stereocenters. The number of aromatic nitrogens is 3. The van der Waals surface area contributed by atoms with Gasteiger partial charge in [0.2, 0.25) is 17.7 Å². The lowest BCUT2D eigenvalue weighted by molar-refractivity contribution is -0.138. The Labute approximate surface area is 476 Å². The van der Waals surface area contributed by atoms with Gasteiger partial charge in [0.05, 0.1) is 5.39 Å². The van der Waals surface area contributed by atoms with Crippen LogP contribution in [0.2, 0.25) is 16.6 Å². The summed E-state index contributed by atoms with van der Waals surface area (Å²) in [6.45, 7) is 21.5. The molecule has 5 aromatic rings. The SMILES string of the molecule is CC(C)[Si](C#Cc1cccc2cccc(-c3ncc4c(N5CC6CCC(C5)N6)nc(OC[C@@H]5C[C@H](N6CCN(C(=O)C7CCN(c8ccc9c(c8)CN(C8CCC(=O)NC8=O)C9=O)CC7)CC6)CN5C)nc4c3F)c12)(C(C)C)C(C)C. The number of hydrogen-bond donors (Lipinski definition) is 2. The van der Waals surface area contributed by atoms with Crippen molar-refractivity contribution in [3.63, 3.8) is 0 Å². The zero-order chi connectivity index (χ0) is 56.4. The summed E-state index contributed by atoms with van der Waals surface area (Å²) < 4.78 is 24.3. The maximum atomic E-state index is 17.7. The van der Waals surface area contributed by atoms with E-state index in [0.717, 1.165) is 106 Å². The minimum absolute atomic E-state index is 0.0380. The van der Waals surface area contributed by atoms with Crippen LogP contribution in [0.4, 0.5) is 15.9 Å². The molecule has 2 N–H and O–H groups in total. The summed E-state index contributed by atoms with van der Waals surface area (Å²) in [6, 6.07) is 18.6. The number of halogens is 1. The molecule has 426 valence electrons. The van der Waals surface area contributed by atoms with E-state index in [1.165, 1.54) is 0 Å². The number of imide groups is 1. The van der Waals surface area contributed by atoms with Crippen molar-refractivity contribution in [2.75, 3.05) is 82.4 Å². The number of ether oxygens (including phenoxy) is 1. The maximum absolute atomic E-state index is 17.7. The van der Waals surface area contributed by atoms with Crippen LogP contribution in [-0.2, 0) is 20.9 Å². The monoisotopic (exact) mass is 1120 g/mol. The first-order chi connectivity index (χ1) is 39.0. The van der Waals surface area contributed by atoms with Gasteiger partial charge in [0.1, 0.15) is 37.8 Å². The summed E-state index contributed by atoms with van der Waals surface area (Å²) >= 11 is 0. The lowest BCUT2D eigenvalue weighted by atomic mass is 9.94. The van der Waals surface area contributed by atoms with Crippen LogP contribution in [0, 0.1) is 23.2 Å². The quantitative estimate of drug-likeness (QED) is 0.0710. The van der Waals surface area contributed by atoms with Gasteiger partial charge < -0.3 is 29.7 Å². The molecule has 0 aliphatic carbocycles. The third kappa shape index (κ3) is 10.3. The highest BCUT2D eigenvalue weighted by Crippen LogP contribution is 2.42. The Hall–Kier alpha value is -6.52. The molecule has 16 nitrogen and oxygen atoms in total. The second-order valence-corrected chi connectivity index (χ2v) is 30.7. The molecular weight excluding hydrogens is 1040 g/mol. The standard InChI is InChI=1S/C63H78FN11O5Si/c1-38(2)81(39(3)4,40(5)6)29-22-42-11-8-10-41-12-9-13-51(55(41)42)57-56(64)58-52(32-65-57)59(74-34-45-14-15-46(35-74)66-45)69-63(68-58)80-37-49-31-48(36-70(49)7)72-25-27-73(28-26-72)61(78)43-20-23-71(24-21-43)47-16-17-50-44(30-47)33-75(62(50)79)53-18-19-54(76)67-60(53)77/h8-13,16-17,30,32,38-40,43,45-46,48-49,53,66H,14-15,18-21,23-28,31,33-37H2,1-7H3,(H,67,76,77)/t45?,46?,48-,49-,53?/m0/s1. The zero-order valence-electron chi connectivity index (χ0n) is 48.1. The molecule has 7 aliphatic heterocycles. The summed E-state index contributed by atoms with van der Waals surface area (Å²) in [4.78, 5) is 79.6. The number of hydrogen-bond acceptors (Lipinski definition) is 13. The van der Waals surface area contributed by atoms with Gasteiger partial charge in [-0.1, -0.05) is 77.8 Å². The highest BCUT2D eigenvalue weighted by Gasteiger charge is 2.43. The van der Waals surface area contributed by atoms with Crippen molar-refractivity contribution in [3.05, 3.63) is 83.3 Å². The summed E-state index contributed by atoms with van der Waals surface area (Å²) in [5.41, 5.74) is 9.84. The van der Waals surface area contributed by atoms with E-state index < -0.39 is 25.8 Å². The fraction of sp³-hybridized carbons (Fsp3) is 0.540. The summed E-state index contributed by atoms with van der Waals surface area (Å²) in [7, 11) is 0.0686. The second-order valence-electron chi connectivity index (χ2n) is 25.1. The van der Waals surface area contributed by atoms with E-state index in [-0.39, 0.29) is 53.3 Å². The first-order valence-electron chi connectivity index (χ1n) is 29.9. The number of amides is 4. The minimum Gasteiger partial charge on any atom is -0.462 e. The number of benzene rings is 3. The van der Waals surface area contributed by atoms with Gasteiger partial charge in [-0.25, -0.2) is 4.39 Å². The number of anilines is 2. The average Bonchev–Trinajstić information content (AvgIpc) is 4.16. The Bertz CT molecular complexity index is 3310. The third-order valence-electron chi connectivity index (χ3n) is 19.5. The normalized spacial score (nSPS) is 24.0. The summed E-state index contributed by atoms with van der Waals surface area (Å²) in [5.74, 6) is 3.16. The van der Waals surface area contributed by atoms with Gasteiger partial charge in [-0.3, -0.25) is 39.3 Å². The van der Waals surface area contributed by atoms with Crippen molar-refractivity contribution in [3.8, 4) is 28.7 Å². The number of rotatable bonds is 12. The topological polar surface area (TPSA) is 160 Å². The number of likely N-dealkylation sites (N-methyl/N-ethyl adjacent to an activating group) is 1. The zero-order valence-corrected chi connectivity index (χ0v) is 49.1. The minimum atomic E-state index is -2.07. The van der Waals surface area contributed by atoms with Crippen LogP contribution >= 0.6 is 0 Å². The molecule has 5 atom stereocenters. The maximum Gasteiger partial charge on any atom is 0.319 e. The van der Waals surface area contributed by atoms with Gasteiger partial charge in [-0.15, -0.1) is 5.54 Å². The van der Waals surface area contributed by atoms with Crippen molar-refractivity contribution in [1.29, 1.82) is 0 Å². The molecule has 6 fully saturated rings. The number of carbonyl (C=O) groups is 4. The molecule has 3 aromatic carbocycles. The van der Waals surface area contributed by atoms with Crippen LogP contribution in [0.5, 0.6) is 6.01 Å². The molecule has 81 heavy (non-hydrogen) atoms. The number of pyridine rings is 1. The van der Waals surface area contributed by atoms with E-state index in [1.54, 1.807) is 11.1 Å². The Morgan fingerprint density at radius 3 is 2.25 bits per heavy atom. The largest absolute Gasteiger partial charge is 0.462 e. The smallest absolute Gasteiger partial charge is 0.319 e. The first kappa shape index (κ1) is 55.0. The summed E-state index contributed by atoms with van der Waals surface area (Å²) in [6.07, 6.45) is 6.90. The van der Waals surface area contributed by atoms with Gasteiger partial charge in [0.15, 0.2) is 5.82 Å². The van der Waals surface area contributed by atoms with Gasteiger partial charge in [0.25, 0.3) is 5.91 Å². The fourth-order valence-electron chi connectivity index (χ4n) is 15.1. The fourth-order valence-corrected chi connectivity index (χ4v) is 20.3. The summed E-state index contributed by atoms with van der Waals surface area (Å²) in [5, 5.41) is 8.56. The molecule has 12 rings (SSSR count). The van der Waals surface area contributed by atoms with E-state index in [1.807, 2.05) is 36.4 Å². The molecule has 18 heteroatoms. The Morgan fingerprint density at radius 2 is 1.54 bits per heavy atom. The first-order valence-corrected chi connectivity index (χ1v) is 32.1.